The van der Waals surface area contributed by atoms with Gasteiger partial charge in [-0.25, -0.2) is 0 Å². The molecule has 0 heterocycles. The quantitative estimate of drug-likeness (QED) is 0.289. The minimum atomic E-state index is 0. The molecular formula is H10BiInSnZn. The Morgan fingerprint density at radius 2 is 1.00 bits per heavy atom. The second-order valence-electron chi connectivity index (χ2n) is 0. The van der Waals surface area contributed by atoms with Crippen LogP contribution in [0, 0.1) is 0 Å². The Labute approximate surface area is 93.5 Å². The van der Waals surface area contributed by atoms with Crippen molar-refractivity contribution < 1.29 is 19.5 Å². The molecule has 0 spiro atoms. The van der Waals surface area contributed by atoms with E-state index in [0.717, 1.165) is 0 Å². The summed E-state index contributed by atoms with van der Waals surface area (Å²) in [5.41, 5.74) is 0. The van der Waals surface area contributed by atoms with Crippen LogP contribution in [-0.4, -0.2) is 76.0 Å². The third-order valence-corrected chi connectivity index (χ3v) is 0. The third kappa shape index (κ3) is 8.95. The van der Waals surface area contributed by atoms with Crippen LogP contribution in [0.25, 0.3) is 0 Å². The molecule has 0 rings (SSSR count). The summed E-state index contributed by atoms with van der Waals surface area (Å²) >= 11 is 0. The fourth-order valence-electron chi connectivity index (χ4n) is 0. The Kier molecular flexibility index (Phi) is 111. The molecule has 0 nitrogen and oxygen atoms in total. The second kappa shape index (κ2) is 16.4. The maximum absolute atomic E-state index is 0. The summed E-state index contributed by atoms with van der Waals surface area (Å²) < 4.78 is 0. The third-order valence-electron chi connectivity index (χ3n) is 0. The van der Waals surface area contributed by atoms with Crippen LogP contribution >= 0.6 is 0 Å². The van der Waals surface area contributed by atoms with Crippen molar-refractivity contribution in [1.29, 1.82) is 0 Å². The first-order chi connectivity index (χ1) is 0. The normalized spacial score (nSPS) is 0. The number of hydrogen-bond acceptors (Lipinski definition) is 0. The van der Waals surface area contributed by atoms with Gasteiger partial charge in [-0.3, -0.25) is 0 Å². The van der Waals surface area contributed by atoms with Gasteiger partial charge in [0.25, 0.3) is 0 Å². The standard InChI is InChI=1S/Bi.In.Sn.Zn.10H. The first-order valence-corrected chi connectivity index (χ1v) is 0. The molecule has 4 heavy (non-hydrogen) atoms. The molecule has 0 bridgehead atoms. The molecular weight excluding hydrogens is 508 g/mol. The van der Waals surface area contributed by atoms with Gasteiger partial charge in [-0.05, 0) is 0 Å². The van der Waals surface area contributed by atoms with Crippen molar-refractivity contribution in [1.82, 2.24) is 0 Å². The Morgan fingerprint density at radius 1 is 1.00 bits per heavy atom. The molecule has 0 saturated heterocycles. The van der Waals surface area contributed by atoms with Gasteiger partial charge in [-0.1, -0.05) is 0 Å². The Hall–Kier alpha value is 3.18. The monoisotopic (exact) mass is 518 g/mol. The molecule has 0 N–H and O–H groups in total. The van der Waals surface area contributed by atoms with E-state index in [0.29, 0.717) is 0 Å². The van der Waals surface area contributed by atoms with Gasteiger partial charge in [0, 0.05) is 19.5 Å². The first-order valence-electron chi connectivity index (χ1n) is 0. The van der Waals surface area contributed by atoms with Gasteiger partial charge in [0.2, 0.25) is 0 Å². The Balaban J connectivity index is 0. The van der Waals surface area contributed by atoms with Crippen molar-refractivity contribution in [2.24, 2.45) is 0 Å². The van der Waals surface area contributed by atoms with E-state index in [2.05, 4.69) is 0 Å². The topological polar surface area (TPSA) is 0 Å². The van der Waals surface area contributed by atoms with Gasteiger partial charge in [-0.2, -0.15) is 0 Å². The predicted molar refractivity (Wildman–Crippen MR) is 31.2 cm³/mol. The van der Waals surface area contributed by atoms with Crippen molar-refractivity contribution in [2.45, 2.75) is 0 Å². The van der Waals surface area contributed by atoms with Gasteiger partial charge < -0.3 is 0 Å². The molecule has 4 heteroatoms. The minimum Gasteiger partial charge on any atom is 0 e. The van der Waals surface area contributed by atoms with E-state index in [1.165, 1.54) is 0 Å². The maximum Gasteiger partial charge on any atom is 0 e. The molecule has 0 fully saturated rings. The molecule has 0 aliphatic rings. The van der Waals surface area contributed by atoms with Crippen molar-refractivity contribution in [3.63, 3.8) is 0 Å². The van der Waals surface area contributed by atoms with Crippen LogP contribution < -0.4 is 0 Å². The largest absolute Gasteiger partial charge is 0 e. The van der Waals surface area contributed by atoms with Crippen LogP contribution in [0.15, 0.2) is 0 Å². The van der Waals surface area contributed by atoms with Crippen molar-refractivity contribution in [3.8, 4) is 0 Å². The summed E-state index contributed by atoms with van der Waals surface area (Å²) in [7, 11) is 0. The molecule has 0 aliphatic carbocycles. The molecule has 0 aromatic heterocycles. The van der Waals surface area contributed by atoms with Crippen LogP contribution in [0.5, 0.6) is 0 Å². The fourth-order valence-corrected chi connectivity index (χ4v) is 0. The summed E-state index contributed by atoms with van der Waals surface area (Å²) in [5, 5.41) is 0. The van der Waals surface area contributed by atoms with E-state index < -0.39 is 0 Å². The molecule has 0 atom stereocenters. The summed E-state index contributed by atoms with van der Waals surface area (Å²) in [6, 6.07) is 0. The zero-order valence-corrected chi connectivity index (χ0v) is 9.88. The zero-order valence-electron chi connectivity index (χ0n) is 1.41. The van der Waals surface area contributed by atoms with Gasteiger partial charge in [-0.15, -0.1) is 0 Å². The first kappa shape index (κ1) is 27.1. The van der Waals surface area contributed by atoms with E-state index in [1.54, 1.807) is 0 Å². The van der Waals surface area contributed by atoms with E-state index in [9.17, 15) is 0 Å². The molecule has 0 amide bonds. The van der Waals surface area contributed by atoms with Gasteiger partial charge in [0.15, 0.2) is 0 Å². The minimum absolute atomic E-state index is 0. The molecule has 0 unspecified atom stereocenters. The summed E-state index contributed by atoms with van der Waals surface area (Å²) in [5.74, 6) is 0. The van der Waals surface area contributed by atoms with E-state index in [1.807, 2.05) is 0 Å². The van der Waals surface area contributed by atoms with Crippen LogP contribution in [0.4, 0.5) is 0 Å². The van der Waals surface area contributed by atoms with Gasteiger partial charge in [0.1, 0.15) is 0 Å². The van der Waals surface area contributed by atoms with E-state index in [4.69, 9.17) is 0 Å². The average Bonchev–Trinajstić information content (AvgIpc) is 0. The smallest absolute Gasteiger partial charge is 0 e. The summed E-state index contributed by atoms with van der Waals surface area (Å²) in [4.78, 5) is 0. The molecule has 0 saturated carbocycles. The summed E-state index contributed by atoms with van der Waals surface area (Å²) in [6.07, 6.45) is 0. The average molecular weight is 518 g/mol. The number of rotatable bonds is 0. The SMILES string of the molecule is [BiH3].[InH3].[SnH4].[Zn]. The fraction of sp³-hybridized carbons (Fsp3) is 0. The molecule has 0 radical (unpaired) electrons. The molecule has 24 valence electrons. The van der Waals surface area contributed by atoms with Gasteiger partial charge in [0.05, 0.1) is 0 Å². The molecule has 0 aromatic carbocycles. The number of hydrogen-bond donors (Lipinski definition) is 0. The van der Waals surface area contributed by atoms with E-state index in [-0.39, 0.29) is 95.4 Å². The summed E-state index contributed by atoms with van der Waals surface area (Å²) in [6.45, 7) is 0. The van der Waals surface area contributed by atoms with Crippen molar-refractivity contribution >= 4 is 76.0 Å². The van der Waals surface area contributed by atoms with Crippen molar-refractivity contribution in [3.05, 3.63) is 0 Å². The van der Waals surface area contributed by atoms with Gasteiger partial charge >= 0.3 is 76.0 Å². The van der Waals surface area contributed by atoms with E-state index >= 15 is 0 Å². The van der Waals surface area contributed by atoms with Crippen LogP contribution in [0.1, 0.15) is 0 Å². The molecule has 0 aliphatic heterocycles. The maximum atomic E-state index is 0. The molecule has 0 aromatic rings. The van der Waals surface area contributed by atoms with Crippen LogP contribution in [-0.2, 0) is 19.5 Å². The Morgan fingerprint density at radius 3 is 1.00 bits per heavy atom. The second-order valence-corrected chi connectivity index (χ2v) is 0. The van der Waals surface area contributed by atoms with Crippen molar-refractivity contribution in [2.75, 3.05) is 0 Å². The zero-order chi connectivity index (χ0) is 0. The Bertz CT molecular complexity index is 8.00. The van der Waals surface area contributed by atoms with Crippen LogP contribution in [0.2, 0.25) is 0 Å². The van der Waals surface area contributed by atoms with Crippen LogP contribution in [0.3, 0.4) is 0 Å². The predicted octanol–water partition coefficient (Wildman–Crippen LogP) is -3.82.